The summed E-state index contributed by atoms with van der Waals surface area (Å²) in [5.41, 5.74) is 0.0571. The summed E-state index contributed by atoms with van der Waals surface area (Å²) in [6.45, 7) is 3.43. The van der Waals surface area contributed by atoms with E-state index in [0.29, 0.717) is 43.4 Å². The number of hydrogen-bond donors (Lipinski definition) is 0. The summed E-state index contributed by atoms with van der Waals surface area (Å²) in [4.78, 5) is 28.6. The van der Waals surface area contributed by atoms with E-state index < -0.39 is 11.9 Å². The molecule has 2 amide bonds. The standard InChI is InChI=1S/C21H22ClFN2O3/c1-15(28-17-9-7-16(22)8-10-17)20(26)24-11-4-12-25(14-13-24)21(27)18-5-2-3-6-19(18)23/h2-3,5-10,15H,4,11-14H2,1H3. The predicted molar refractivity (Wildman–Crippen MR) is 105 cm³/mol. The van der Waals surface area contributed by atoms with Crippen LogP contribution in [0.3, 0.4) is 0 Å². The minimum Gasteiger partial charge on any atom is -0.481 e. The van der Waals surface area contributed by atoms with Gasteiger partial charge in [0, 0.05) is 31.2 Å². The Hall–Kier alpha value is -2.60. The SMILES string of the molecule is CC(Oc1ccc(Cl)cc1)C(=O)N1CCCN(C(=O)c2ccccc2F)CC1. The van der Waals surface area contributed by atoms with Crippen molar-refractivity contribution in [2.45, 2.75) is 19.4 Å². The normalized spacial score (nSPS) is 15.7. The van der Waals surface area contributed by atoms with Gasteiger partial charge >= 0.3 is 0 Å². The van der Waals surface area contributed by atoms with Gasteiger partial charge in [-0.2, -0.15) is 0 Å². The van der Waals surface area contributed by atoms with E-state index in [9.17, 15) is 14.0 Å². The summed E-state index contributed by atoms with van der Waals surface area (Å²) in [5.74, 6) is -0.459. The maximum absolute atomic E-state index is 13.9. The van der Waals surface area contributed by atoms with E-state index >= 15 is 0 Å². The number of hydrogen-bond acceptors (Lipinski definition) is 3. The fraction of sp³-hybridized carbons (Fsp3) is 0.333. The van der Waals surface area contributed by atoms with Gasteiger partial charge in [0.15, 0.2) is 6.10 Å². The number of benzene rings is 2. The Labute approximate surface area is 168 Å². The molecule has 1 fully saturated rings. The lowest BCUT2D eigenvalue weighted by molar-refractivity contribution is -0.137. The average molecular weight is 405 g/mol. The molecule has 3 rings (SSSR count). The maximum atomic E-state index is 13.9. The Morgan fingerprint density at radius 2 is 1.64 bits per heavy atom. The van der Waals surface area contributed by atoms with E-state index in [4.69, 9.17) is 16.3 Å². The smallest absolute Gasteiger partial charge is 0.263 e. The molecular weight excluding hydrogens is 383 g/mol. The van der Waals surface area contributed by atoms with Crippen molar-refractivity contribution in [1.82, 2.24) is 9.80 Å². The first-order valence-corrected chi connectivity index (χ1v) is 9.58. The second kappa shape index (κ2) is 9.06. The summed E-state index contributed by atoms with van der Waals surface area (Å²) < 4.78 is 19.6. The number of ether oxygens (including phenoxy) is 1. The first-order valence-electron chi connectivity index (χ1n) is 9.20. The quantitative estimate of drug-likeness (QED) is 0.782. The van der Waals surface area contributed by atoms with Crippen LogP contribution in [0, 0.1) is 5.82 Å². The van der Waals surface area contributed by atoms with Gasteiger partial charge in [-0.3, -0.25) is 9.59 Å². The molecule has 1 saturated heterocycles. The second-order valence-electron chi connectivity index (χ2n) is 6.66. The molecule has 2 aromatic carbocycles. The Morgan fingerprint density at radius 1 is 1.00 bits per heavy atom. The molecule has 1 atom stereocenters. The molecule has 0 N–H and O–H groups in total. The number of halogens is 2. The highest BCUT2D eigenvalue weighted by atomic mass is 35.5. The molecule has 1 aliphatic heterocycles. The molecule has 7 heteroatoms. The summed E-state index contributed by atoms with van der Waals surface area (Å²) in [6, 6.07) is 12.8. The Balaban J connectivity index is 1.59. The van der Waals surface area contributed by atoms with Crippen LogP contribution in [-0.2, 0) is 4.79 Å². The molecule has 0 aliphatic carbocycles. The summed E-state index contributed by atoms with van der Waals surface area (Å²) in [5, 5.41) is 0.596. The summed E-state index contributed by atoms with van der Waals surface area (Å²) in [6.07, 6.45) is -0.0328. The van der Waals surface area contributed by atoms with Crippen LogP contribution in [0.1, 0.15) is 23.7 Å². The molecule has 0 bridgehead atoms. The molecular formula is C21H22ClFN2O3. The van der Waals surface area contributed by atoms with Gasteiger partial charge in [-0.1, -0.05) is 23.7 Å². The molecule has 5 nitrogen and oxygen atoms in total. The monoisotopic (exact) mass is 404 g/mol. The summed E-state index contributed by atoms with van der Waals surface area (Å²) >= 11 is 5.86. The molecule has 148 valence electrons. The van der Waals surface area contributed by atoms with E-state index in [1.165, 1.54) is 12.1 Å². The van der Waals surface area contributed by atoms with Crippen LogP contribution in [-0.4, -0.2) is 53.9 Å². The van der Waals surface area contributed by atoms with Crippen molar-refractivity contribution in [1.29, 1.82) is 0 Å². The van der Waals surface area contributed by atoms with E-state index in [0.717, 1.165) is 0 Å². The largest absolute Gasteiger partial charge is 0.481 e. The number of rotatable bonds is 4. The fourth-order valence-electron chi connectivity index (χ4n) is 3.17. The third-order valence-corrected chi connectivity index (χ3v) is 4.93. The van der Waals surface area contributed by atoms with Crippen molar-refractivity contribution in [2.24, 2.45) is 0 Å². The number of nitrogens with zero attached hydrogens (tertiary/aromatic N) is 2. The van der Waals surface area contributed by atoms with Crippen LogP contribution in [0.25, 0.3) is 0 Å². The van der Waals surface area contributed by atoms with Crippen LogP contribution >= 0.6 is 11.6 Å². The Bertz CT molecular complexity index is 844. The van der Waals surface area contributed by atoms with Gasteiger partial charge in [-0.25, -0.2) is 4.39 Å². The van der Waals surface area contributed by atoms with Gasteiger partial charge in [-0.15, -0.1) is 0 Å². The molecule has 1 aliphatic rings. The highest BCUT2D eigenvalue weighted by molar-refractivity contribution is 6.30. The highest BCUT2D eigenvalue weighted by Crippen LogP contribution is 2.18. The first kappa shape index (κ1) is 20.1. The fourth-order valence-corrected chi connectivity index (χ4v) is 3.30. The third-order valence-electron chi connectivity index (χ3n) is 4.67. The summed E-state index contributed by atoms with van der Waals surface area (Å²) in [7, 11) is 0. The lowest BCUT2D eigenvalue weighted by atomic mass is 10.2. The number of amides is 2. The highest BCUT2D eigenvalue weighted by Gasteiger charge is 2.27. The number of carbonyl (C=O) groups is 2. The zero-order chi connectivity index (χ0) is 20.1. The van der Waals surface area contributed by atoms with Crippen LogP contribution in [0.5, 0.6) is 5.75 Å². The number of carbonyl (C=O) groups excluding carboxylic acids is 2. The molecule has 0 aromatic heterocycles. The second-order valence-corrected chi connectivity index (χ2v) is 7.10. The molecule has 0 spiro atoms. The Morgan fingerprint density at radius 3 is 2.36 bits per heavy atom. The van der Waals surface area contributed by atoms with Crippen LogP contribution in [0.2, 0.25) is 5.02 Å². The molecule has 2 aromatic rings. The van der Waals surface area contributed by atoms with E-state index in [1.54, 1.807) is 53.1 Å². The van der Waals surface area contributed by atoms with E-state index in [2.05, 4.69) is 0 Å². The zero-order valence-electron chi connectivity index (χ0n) is 15.6. The van der Waals surface area contributed by atoms with Gasteiger partial charge in [-0.05, 0) is 49.7 Å². The van der Waals surface area contributed by atoms with Crippen molar-refractivity contribution >= 4 is 23.4 Å². The van der Waals surface area contributed by atoms with Crippen molar-refractivity contribution in [3.05, 3.63) is 64.9 Å². The minimum absolute atomic E-state index is 0.0571. The van der Waals surface area contributed by atoms with E-state index in [-0.39, 0.29) is 17.4 Å². The van der Waals surface area contributed by atoms with Gasteiger partial charge < -0.3 is 14.5 Å². The topological polar surface area (TPSA) is 49.9 Å². The maximum Gasteiger partial charge on any atom is 0.263 e. The third kappa shape index (κ3) is 4.81. The molecule has 1 unspecified atom stereocenters. The predicted octanol–water partition coefficient (Wildman–Crippen LogP) is 3.62. The van der Waals surface area contributed by atoms with Crippen molar-refractivity contribution in [3.8, 4) is 5.75 Å². The van der Waals surface area contributed by atoms with Gasteiger partial charge in [0.25, 0.3) is 11.8 Å². The minimum atomic E-state index is -0.657. The average Bonchev–Trinajstić information content (AvgIpc) is 2.95. The Kier molecular flexibility index (Phi) is 6.52. The van der Waals surface area contributed by atoms with Crippen molar-refractivity contribution < 1.29 is 18.7 Å². The van der Waals surface area contributed by atoms with Crippen LogP contribution < -0.4 is 4.74 Å². The lowest BCUT2D eigenvalue weighted by Gasteiger charge is -2.25. The van der Waals surface area contributed by atoms with Crippen molar-refractivity contribution in [2.75, 3.05) is 26.2 Å². The molecule has 0 saturated carbocycles. The van der Waals surface area contributed by atoms with Crippen molar-refractivity contribution in [3.63, 3.8) is 0 Å². The lowest BCUT2D eigenvalue weighted by Crippen LogP contribution is -2.43. The van der Waals surface area contributed by atoms with Crippen LogP contribution in [0.15, 0.2) is 48.5 Å². The molecule has 0 radical (unpaired) electrons. The van der Waals surface area contributed by atoms with Crippen LogP contribution in [0.4, 0.5) is 4.39 Å². The van der Waals surface area contributed by atoms with E-state index in [1.807, 2.05) is 0 Å². The van der Waals surface area contributed by atoms with Gasteiger partial charge in [0.1, 0.15) is 11.6 Å². The van der Waals surface area contributed by atoms with Gasteiger partial charge in [0.05, 0.1) is 5.56 Å². The van der Waals surface area contributed by atoms with Gasteiger partial charge in [0.2, 0.25) is 0 Å². The molecule has 1 heterocycles. The first-order chi connectivity index (χ1) is 13.5. The molecule has 28 heavy (non-hydrogen) atoms. The zero-order valence-corrected chi connectivity index (χ0v) is 16.4.